The Morgan fingerprint density at radius 1 is 1.25 bits per heavy atom. The number of hydrogen-bond donors (Lipinski definition) is 0. The molecule has 3 heterocycles. The lowest BCUT2D eigenvalue weighted by Gasteiger charge is -2.29. The normalized spacial score (nSPS) is 27.5. The third kappa shape index (κ3) is 2.68. The Balaban J connectivity index is 1.75. The van der Waals surface area contributed by atoms with Crippen molar-refractivity contribution in [2.24, 2.45) is 5.92 Å². The first-order valence-electron chi connectivity index (χ1n) is 7.40. The average Bonchev–Trinajstić information content (AvgIpc) is 2.60. The number of likely N-dealkylation sites (N-methyl/N-ethyl adjacent to an activating group) is 1. The van der Waals surface area contributed by atoms with E-state index in [0.717, 1.165) is 43.9 Å². The quantitative estimate of drug-likeness (QED) is 0.814. The van der Waals surface area contributed by atoms with Crippen molar-refractivity contribution in [2.45, 2.75) is 38.8 Å². The van der Waals surface area contributed by atoms with Gasteiger partial charge in [-0.05, 0) is 19.8 Å². The van der Waals surface area contributed by atoms with E-state index in [1.807, 2.05) is 31.3 Å². The summed E-state index contributed by atoms with van der Waals surface area (Å²) in [7, 11) is 1.96. The third-order valence-electron chi connectivity index (χ3n) is 4.50. The van der Waals surface area contributed by atoms with E-state index < -0.39 is 0 Å². The van der Waals surface area contributed by atoms with Gasteiger partial charge in [0.2, 0.25) is 5.91 Å². The first kappa shape index (κ1) is 13.5. The molecule has 108 valence electrons. The van der Waals surface area contributed by atoms with E-state index in [1.54, 1.807) is 0 Å². The maximum Gasteiger partial charge on any atom is 0.227 e. The van der Waals surface area contributed by atoms with Crippen molar-refractivity contribution < 1.29 is 4.79 Å². The fourth-order valence-corrected chi connectivity index (χ4v) is 3.31. The van der Waals surface area contributed by atoms with Crippen LogP contribution in [-0.2, 0) is 11.3 Å². The molecule has 1 aromatic heterocycles. The minimum atomic E-state index is 0.158. The van der Waals surface area contributed by atoms with Gasteiger partial charge < -0.3 is 4.90 Å². The summed E-state index contributed by atoms with van der Waals surface area (Å²) >= 11 is 0. The van der Waals surface area contributed by atoms with Gasteiger partial charge in [-0.25, -0.2) is 0 Å². The van der Waals surface area contributed by atoms with E-state index in [4.69, 9.17) is 0 Å². The van der Waals surface area contributed by atoms with E-state index >= 15 is 0 Å². The second kappa shape index (κ2) is 5.48. The van der Waals surface area contributed by atoms with E-state index in [1.165, 1.54) is 6.42 Å². The summed E-state index contributed by atoms with van der Waals surface area (Å²) < 4.78 is 0. The summed E-state index contributed by atoms with van der Waals surface area (Å²) in [6.07, 6.45) is 6.97. The summed E-state index contributed by atoms with van der Waals surface area (Å²) in [6, 6.07) is 0.355. The van der Waals surface area contributed by atoms with Crippen molar-refractivity contribution in [1.29, 1.82) is 0 Å². The first-order chi connectivity index (χ1) is 9.63. The molecule has 2 atom stereocenters. The van der Waals surface area contributed by atoms with Crippen LogP contribution in [0.1, 0.15) is 30.7 Å². The monoisotopic (exact) mass is 274 g/mol. The van der Waals surface area contributed by atoms with Gasteiger partial charge in [-0.2, -0.15) is 0 Å². The molecule has 1 aromatic rings. The zero-order chi connectivity index (χ0) is 14.1. The maximum absolute atomic E-state index is 12.3. The molecule has 0 aliphatic carbocycles. The van der Waals surface area contributed by atoms with Gasteiger partial charge in [-0.1, -0.05) is 6.42 Å². The van der Waals surface area contributed by atoms with Crippen molar-refractivity contribution in [3.8, 4) is 0 Å². The highest BCUT2D eigenvalue weighted by Gasteiger charge is 2.36. The third-order valence-corrected chi connectivity index (χ3v) is 4.50. The Labute approximate surface area is 120 Å². The Morgan fingerprint density at radius 3 is 2.85 bits per heavy atom. The number of carbonyl (C=O) groups is 1. The summed E-state index contributed by atoms with van der Waals surface area (Å²) in [5.41, 5.74) is 1.93. The summed E-state index contributed by atoms with van der Waals surface area (Å²) in [4.78, 5) is 25.4. The topological polar surface area (TPSA) is 49.3 Å². The second-order valence-corrected chi connectivity index (χ2v) is 6.07. The van der Waals surface area contributed by atoms with Crippen LogP contribution in [0.4, 0.5) is 0 Å². The molecule has 3 rings (SSSR count). The number of fused-ring (bicyclic) bond motifs is 3. The number of aromatic nitrogens is 2. The van der Waals surface area contributed by atoms with Gasteiger partial charge in [-0.15, -0.1) is 0 Å². The zero-order valence-electron chi connectivity index (χ0n) is 12.2. The molecule has 0 unspecified atom stereocenters. The maximum atomic E-state index is 12.3. The van der Waals surface area contributed by atoms with E-state index in [2.05, 4.69) is 14.9 Å². The standard InChI is InChI=1S/C15H22N4O/c1-11-6-17-13(7-16-11)9-19-8-12-4-3-5-14(10-19)18(2)15(12)20/h6-7,12,14H,3-5,8-10H2,1-2H3/t12-,14+/m1/s1. The highest BCUT2D eigenvalue weighted by atomic mass is 16.2. The van der Waals surface area contributed by atoms with Gasteiger partial charge in [0.1, 0.15) is 0 Å². The number of hydrogen-bond acceptors (Lipinski definition) is 4. The molecule has 2 fully saturated rings. The van der Waals surface area contributed by atoms with Crippen LogP contribution in [0.2, 0.25) is 0 Å². The fourth-order valence-electron chi connectivity index (χ4n) is 3.31. The van der Waals surface area contributed by atoms with Gasteiger partial charge in [0.15, 0.2) is 0 Å². The number of rotatable bonds is 2. The van der Waals surface area contributed by atoms with Gasteiger partial charge in [-0.3, -0.25) is 19.7 Å². The molecule has 0 spiro atoms. The Bertz CT molecular complexity index is 487. The number of aryl methyl sites for hydroxylation is 1. The highest BCUT2D eigenvalue weighted by molar-refractivity contribution is 5.79. The Hall–Kier alpha value is -1.49. The molecule has 0 N–H and O–H groups in total. The zero-order valence-corrected chi connectivity index (χ0v) is 12.2. The van der Waals surface area contributed by atoms with Crippen molar-refractivity contribution in [3.63, 3.8) is 0 Å². The summed E-state index contributed by atoms with van der Waals surface area (Å²) in [5.74, 6) is 0.482. The molecule has 20 heavy (non-hydrogen) atoms. The molecule has 2 aliphatic heterocycles. The van der Waals surface area contributed by atoms with Crippen LogP contribution in [0.5, 0.6) is 0 Å². The van der Waals surface area contributed by atoms with E-state index in [9.17, 15) is 4.79 Å². The van der Waals surface area contributed by atoms with Gasteiger partial charge in [0.05, 0.1) is 17.3 Å². The highest BCUT2D eigenvalue weighted by Crippen LogP contribution is 2.27. The molecular formula is C15H22N4O. The van der Waals surface area contributed by atoms with Crippen molar-refractivity contribution >= 4 is 5.91 Å². The van der Waals surface area contributed by atoms with Crippen molar-refractivity contribution in [2.75, 3.05) is 20.1 Å². The molecule has 5 nitrogen and oxygen atoms in total. The molecule has 0 saturated carbocycles. The Kier molecular flexibility index (Phi) is 3.70. The van der Waals surface area contributed by atoms with Crippen molar-refractivity contribution in [3.05, 3.63) is 23.8 Å². The van der Waals surface area contributed by atoms with Crippen LogP contribution >= 0.6 is 0 Å². The van der Waals surface area contributed by atoms with Crippen molar-refractivity contribution in [1.82, 2.24) is 19.8 Å². The average molecular weight is 274 g/mol. The minimum absolute atomic E-state index is 0.158. The van der Waals surface area contributed by atoms with Gasteiger partial charge in [0, 0.05) is 45.1 Å². The van der Waals surface area contributed by atoms with Crippen LogP contribution in [0.25, 0.3) is 0 Å². The number of nitrogens with zero attached hydrogens (tertiary/aromatic N) is 4. The predicted molar refractivity (Wildman–Crippen MR) is 75.9 cm³/mol. The lowest BCUT2D eigenvalue weighted by atomic mass is 9.99. The van der Waals surface area contributed by atoms with Crippen LogP contribution < -0.4 is 0 Å². The molecule has 0 aromatic carbocycles. The number of amides is 1. The number of likely N-dealkylation sites (tertiary alicyclic amines) is 1. The van der Waals surface area contributed by atoms with Gasteiger partial charge >= 0.3 is 0 Å². The number of carbonyl (C=O) groups excluding carboxylic acids is 1. The van der Waals surface area contributed by atoms with Crippen LogP contribution in [0, 0.1) is 12.8 Å². The van der Waals surface area contributed by atoms with Crippen LogP contribution in [0.3, 0.4) is 0 Å². The molecule has 1 amide bonds. The predicted octanol–water partition coefficient (Wildman–Crippen LogP) is 1.23. The van der Waals surface area contributed by atoms with Crippen LogP contribution in [-0.4, -0.2) is 51.9 Å². The Morgan fingerprint density at radius 2 is 2.10 bits per heavy atom. The summed E-state index contributed by atoms with van der Waals surface area (Å²) in [5, 5.41) is 0. The largest absolute Gasteiger partial charge is 0.341 e. The molecule has 2 bridgehead atoms. The molecule has 5 heteroatoms. The SMILES string of the molecule is Cc1cnc(CN2C[C@H]3CCC[C@@H](C2)N(C)C3=O)cn1. The van der Waals surface area contributed by atoms with Crippen LogP contribution in [0.15, 0.2) is 12.4 Å². The lowest BCUT2D eigenvalue weighted by Crippen LogP contribution is -2.40. The smallest absolute Gasteiger partial charge is 0.227 e. The molecular weight excluding hydrogens is 252 g/mol. The van der Waals surface area contributed by atoms with E-state index in [-0.39, 0.29) is 5.92 Å². The minimum Gasteiger partial charge on any atom is -0.341 e. The fraction of sp³-hybridized carbons (Fsp3) is 0.667. The molecule has 2 aliphatic rings. The first-order valence-corrected chi connectivity index (χ1v) is 7.40. The second-order valence-electron chi connectivity index (χ2n) is 6.07. The van der Waals surface area contributed by atoms with Gasteiger partial charge in [0.25, 0.3) is 0 Å². The van der Waals surface area contributed by atoms with E-state index in [0.29, 0.717) is 11.9 Å². The molecule has 2 saturated heterocycles. The summed E-state index contributed by atoms with van der Waals surface area (Å²) in [6.45, 7) is 4.55. The lowest BCUT2D eigenvalue weighted by molar-refractivity contribution is -0.134. The molecule has 0 radical (unpaired) electrons.